The van der Waals surface area contributed by atoms with Crippen molar-refractivity contribution in [1.82, 2.24) is 10.2 Å². The number of morpholine rings is 1. The Morgan fingerprint density at radius 2 is 2.00 bits per heavy atom. The van der Waals surface area contributed by atoms with Crippen LogP contribution in [0.4, 0.5) is 10.5 Å². The molecule has 1 unspecified atom stereocenters. The van der Waals surface area contributed by atoms with Crippen molar-refractivity contribution in [1.29, 1.82) is 0 Å². The van der Waals surface area contributed by atoms with Crippen molar-refractivity contribution in [2.45, 2.75) is 12.6 Å². The third-order valence-corrected chi connectivity index (χ3v) is 6.10. The van der Waals surface area contributed by atoms with Gasteiger partial charge < -0.3 is 19.7 Å². The van der Waals surface area contributed by atoms with E-state index in [1.165, 1.54) is 16.2 Å². The minimum Gasteiger partial charge on any atom is -0.442 e. The molecular weight excluding hydrogens is 430 g/mol. The van der Waals surface area contributed by atoms with Gasteiger partial charge in [-0.3, -0.25) is 14.5 Å². The number of carbonyl (C=O) groups is 3. The van der Waals surface area contributed by atoms with E-state index in [-0.39, 0.29) is 25.0 Å². The first-order valence-electron chi connectivity index (χ1n) is 9.46. The lowest BCUT2D eigenvalue weighted by molar-refractivity contribution is -0.143. The Labute approximate surface area is 182 Å². The Bertz CT molecular complexity index is 948. The van der Waals surface area contributed by atoms with Crippen LogP contribution in [-0.4, -0.2) is 61.8 Å². The van der Waals surface area contributed by atoms with Gasteiger partial charge in [-0.15, -0.1) is 11.3 Å². The van der Waals surface area contributed by atoms with Gasteiger partial charge >= 0.3 is 6.09 Å². The molecule has 4 rings (SSSR count). The summed E-state index contributed by atoms with van der Waals surface area (Å²) in [7, 11) is 0. The molecule has 0 saturated carbocycles. The topological polar surface area (TPSA) is 88.2 Å². The van der Waals surface area contributed by atoms with E-state index in [4.69, 9.17) is 21.1 Å². The molecule has 2 fully saturated rings. The van der Waals surface area contributed by atoms with Gasteiger partial charge in [0.1, 0.15) is 12.7 Å². The summed E-state index contributed by atoms with van der Waals surface area (Å²) in [6, 6.07) is 10.8. The SMILES string of the molecule is O=C(NCC1CN(c2ccc(CN3CCOCC3=O)cc2)C(=O)O1)c1ccc(Cl)s1. The van der Waals surface area contributed by atoms with Crippen LogP contribution in [0.3, 0.4) is 0 Å². The van der Waals surface area contributed by atoms with Gasteiger partial charge in [-0.1, -0.05) is 23.7 Å². The quantitative estimate of drug-likeness (QED) is 0.732. The summed E-state index contributed by atoms with van der Waals surface area (Å²) >= 11 is 7.04. The second-order valence-electron chi connectivity index (χ2n) is 6.96. The summed E-state index contributed by atoms with van der Waals surface area (Å²) in [6.45, 7) is 2.30. The molecule has 2 aliphatic rings. The Balaban J connectivity index is 1.31. The molecule has 1 aromatic heterocycles. The van der Waals surface area contributed by atoms with E-state index in [0.29, 0.717) is 41.1 Å². The third-order valence-electron chi connectivity index (χ3n) is 4.87. The first-order chi connectivity index (χ1) is 14.5. The van der Waals surface area contributed by atoms with Crippen molar-refractivity contribution in [3.63, 3.8) is 0 Å². The fourth-order valence-electron chi connectivity index (χ4n) is 3.29. The predicted molar refractivity (Wildman–Crippen MR) is 112 cm³/mol. The molecule has 30 heavy (non-hydrogen) atoms. The molecule has 0 radical (unpaired) electrons. The smallest absolute Gasteiger partial charge is 0.414 e. The first-order valence-corrected chi connectivity index (χ1v) is 10.6. The minimum absolute atomic E-state index is 0.0249. The standard InChI is InChI=1S/C20H20ClN3O5S/c21-17-6-5-16(30-17)19(26)22-9-15-11-24(20(27)29-15)14-3-1-13(2-4-14)10-23-7-8-28-12-18(23)25/h1-6,15H,7-12H2,(H,22,26). The second kappa shape index (κ2) is 9.03. The van der Waals surface area contributed by atoms with Gasteiger partial charge in [-0.25, -0.2) is 4.79 Å². The van der Waals surface area contributed by atoms with Crippen LogP contribution in [0.5, 0.6) is 0 Å². The molecule has 2 aromatic rings. The predicted octanol–water partition coefficient (Wildman–Crippen LogP) is 2.52. The molecule has 0 spiro atoms. The Hall–Kier alpha value is -2.62. The number of cyclic esters (lactones) is 1. The van der Waals surface area contributed by atoms with Gasteiger partial charge in [-0.05, 0) is 29.8 Å². The molecule has 3 amide bonds. The second-order valence-corrected chi connectivity index (χ2v) is 8.68. The number of ether oxygens (including phenoxy) is 2. The van der Waals surface area contributed by atoms with Gasteiger partial charge in [0.25, 0.3) is 5.91 Å². The first kappa shape index (κ1) is 20.6. The number of halogens is 1. The lowest BCUT2D eigenvalue weighted by Crippen LogP contribution is -2.40. The number of amides is 3. The van der Waals surface area contributed by atoms with Crippen LogP contribution in [0, 0.1) is 0 Å². The van der Waals surface area contributed by atoms with Crippen LogP contribution in [0.25, 0.3) is 0 Å². The number of hydrogen-bond donors (Lipinski definition) is 1. The molecular formula is C20H20ClN3O5S. The van der Waals surface area contributed by atoms with E-state index in [1.54, 1.807) is 17.0 Å². The number of benzene rings is 1. The number of anilines is 1. The van der Waals surface area contributed by atoms with Gasteiger partial charge in [0.2, 0.25) is 5.91 Å². The number of rotatable bonds is 6. The van der Waals surface area contributed by atoms with Crippen molar-refractivity contribution >= 4 is 46.5 Å². The van der Waals surface area contributed by atoms with Gasteiger partial charge in [0.15, 0.2) is 0 Å². The van der Waals surface area contributed by atoms with Crippen LogP contribution in [-0.2, 0) is 20.8 Å². The highest BCUT2D eigenvalue weighted by Crippen LogP contribution is 2.23. The maximum atomic E-state index is 12.3. The highest BCUT2D eigenvalue weighted by Gasteiger charge is 2.32. The molecule has 3 heterocycles. The maximum absolute atomic E-state index is 12.3. The molecule has 1 aromatic carbocycles. The van der Waals surface area contributed by atoms with Gasteiger partial charge in [0, 0.05) is 18.8 Å². The average molecular weight is 450 g/mol. The summed E-state index contributed by atoms with van der Waals surface area (Å²) < 4.78 is 11.0. The number of hydrogen-bond acceptors (Lipinski definition) is 6. The molecule has 10 heteroatoms. The van der Waals surface area contributed by atoms with E-state index in [2.05, 4.69) is 5.32 Å². The van der Waals surface area contributed by atoms with Crippen LogP contribution in [0.2, 0.25) is 4.34 Å². The summed E-state index contributed by atoms with van der Waals surface area (Å²) in [6.07, 6.45) is -0.896. The normalized spacial score (nSPS) is 19.2. The highest BCUT2D eigenvalue weighted by molar-refractivity contribution is 7.18. The molecule has 2 aliphatic heterocycles. The zero-order valence-corrected chi connectivity index (χ0v) is 17.6. The highest BCUT2D eigenvalue weighted by atomic mass is 35.5. The summed E-state index contributed by atoms with van der Waals surface area (Å²) in [5, 5.41) is 2.77. The largest absolute Gasteiger partial charge is 0.442 e. The third kappa shape index (κ3) is 4.75. The number of thiophene rings is 1. The molecule has 1 N–H and O–H groups in total. The number of carbonyl (C=O) groups excluding carboxylic acids is 3. The molecule has 8 nitrogen and oxygen atoms in total. The Morgan fingerprint density at radius 1 is 1.20 bits per heavy atom. The Morgan fingerprint density at radius 3 is 2.70 bits per heavy atom. The molecule has 0 aliphatic carbocycles. The lowest BCUT2D eigenvalue weighted by Gasteiger charge is -2.27. The van der Waals surface area contributed by atoms with Crippen molar-refractivity contribution in [2.75, 3.05) is 37.7 Å². The van der Waals surface area contributed by atoms with Crippen LogP contribution in [0.1, 0.15) is 15.2 Å². The number of nitrogens with zero attached hydrogens (tertiary/aromatic N) is 2. The monoisotopic (exact) mass is 449 g/mol. The molecule has 158 valence electrons. The van der Waals surface area contributed by atoms with Crippen molar-refractivity contribution in [3.05, 3.63) is 51.2 Å². The van der Waals surface area contributed by atoms with Gasteiger partial charge in [0.05, 0.1) is 28.9 Å². The van der Waals surface area contributed by atoms with E-state index in [9.17, 15) is 14.4 Å². The van der Waals surface area contributed by atoms with E-state index < -0.39 is 12.2 Å². The maximum Gasteiger partial charge on any atom is 0.414 e. The zero-order valence-electron chi connectivity index (χ0n) is 16.0. The Kier molecular flexibility index (Phi) is 6.21. The van der Waals surface area contributed by atoms with E-state index >= 15 is 0 Å². The van der Waals surface area contributed by atoms with Crippen LogP contribution >= 0.6 is 22.9 Å². The van der Waals surface area contributed by atoms with E-state index in [1.807, 2.05) is 24.3 Å². The summed E-state index contributed by atoms with van der Waals surface area (Å²) in [5.41, 5.74) is 1.68. The molecule has 2 saturated heterocycles. The minimum atomic E-state index is -0.454. The van der Waals surface area contributed by atoms with Crippen molar-refractivity contribution in [2.24, 2.45) is 0 Å². The zero-order chi connectivity index (χ0) is 21.1. The number of nitrogens with one attached hydrogen (secondary N) is 1. The molecule has 1 atom stereocenters. The van der Waals surface area contributed by atoms with Crippen LogP contribution in [0.15, 0.2) is 36.4 Å². The van der Waals surface area contributed by atoms with Gasteiger partial charge in [-0.2, -0.15) is 0 Å². The lowest BCUT2D eigenvalue weighted by atomic mass is 10.1. The van der Waals surface area contributed by atoms with Crippen molar-refractivity contribution in [3.8, 4) is 0 Å². The summed E-state index contributed by atoms with van der Waals surface area (Å²) in [5.74, 6) is -0.272. The fourth-order valence-corrected chi connectivity index (χ4v) is 4.25. The average Bonchev–Trinajstić information content (AvgIpc) is 3.34. The molecule has 0 bridgehead atoms. The van der Waals surface area contributed by atoms with Crippen LogP contribution < -0.4 is 10.2 Å². The fraction of sp³-hybridized carbons (Fsp3) is 0.350. The van der Waals surface area contributed by atoms with Crippen molar-refractivity contribution < 1.29 is 23.9 Å². The van der Waals surface area contributed by atoms with E-state index in [0.717, 1.165) is 5.56 Å². The summed E-state index contributed by atoms with van der Waals surface area (Å²) in [4.78, 5) is 40.0.